The second-order valence-electron chi connectivity index (χ2n) is 5.71. The molecule has 3 aromatic rings. The van der Waals surface area contributed by atoms with Crippen LogP contribution in [0.15, 0.2) is 77.0 Å². The zero-order valence-electron chi connectivity index (χ0n) is 14.7. The predicted octanol–water partition coefficient (Wildman–Crippen LogP) is 3.89. The fourth-order valence-corrected chi connectivity index (χ4v) is 3.66. The van der Waals surface area contributed by atoms with Crippen LogP contribution in [0.1, 0.15) is 5.56 Å². The van der Waals surface area contributed by atoms with Gasteiger partial charge in [-0.2, -0.15) is 5.10 Å². The number of nitrogens with one attached hydrogen (secondary N) is 2. The lowest BCUT2D eigenvalue weighted by Crippen LogP contribution is -2.15. The van der Waals surface area contributed by atoms with E-state index in [9.17, 15) is 18.5 Å². The van der Waals surface area contributed by atoms with Gasteiger partial charge in [-0.15, -0.1) is 0 Å². The number of halogens is 1. The Morgan fingerprint density at radius 2 is 1.90 bits per heavy atom. The molecule has 0 aliphatic carbocycles. The average Bonchev–Trinajstić information content (AvgIpc) is 2.70. The van der Waals surface area contributed by atoms with Crippen LogP contribution < -0.4 is 10.1 Å². The Morgan fingerprint density at radius 1 is 1.14 bits per heavy atom. The molecule has 1 aromatic heterocycles. The van der Waals surface area contributed by atoms with E-state index in [0.717, 1.165) is 6.07 Å². The van der Waals surface area contributed by atoms with E-state index in [1.54, 1.807) is 24.5 Å². The molecule has 1 heterocycles. The minimum Gasteiger partial charge on any atom is -0.280 e. The number of sulfonamides is 1. The third kappa shape index (κ3) is 5.27. The van der Waals surface area contributed by atoms with Gasteiger partial charge in [0.25, 0.3) is 15.7 Å². The van der Waals surface area contributed by atoms with Crippen molar-refractivity contribution < 1.29 is 13.3 Å². The van der Waals surface area contributed by atoms with E-state index >= 15 is 0 Å². The average molecular weight is 432 g/mol. The Kier molecular flexibility index (Phi) is 6.05. The van der Waals surface area contributed by atoms with Gasteiger partial charge in [0.1, 0.15) is 4.90 Å². The number of rotatable bonds is 7. The monoisotopic (exact) mass is 431 g/mol. The standard InChI is InChI=1S/C18H14ClN5O4S/c19-14-3-5-15(6-4-14)23-29(27,28)18-10-16(24(25)26)7-8-17(18)22-21-12-13-2-1-9-20-11-13/h1-12,22-23H/b21-12+. The van der Waals surface area contributed by atoms with E-state index in [-0.39, 0.29) is 22.0 Å². The van der Waals surface area contributed by atoms with Crippen molar-refractivity contribution in [2.24, 2.45) is 5.10 Å². The van der Waals surface area contributed by atoms with Crippen LogP contribution >= 0.6 is 11.6 Å². The fraction of sp³-hybridized carbons (Fsp3) is 0. The summed E-state index contributed by atoms with van der Waals surface area (Å²) in [6, 6.07) is 12.9. The first-order valence-corrected chi connectivity index (χ1v) is 9.97. The van der Waals surface area contributed by atoms with Crippen LogP contribution in [0, 0.1) is 10.1 Å². The predicted molar refractivity (Wildman–Crippen MR) is 111 cm³/mol. The molecule has 148 valence electrons. The highest BCUT2D eigenvalue weighted by molar-refractivity contribution is 7.92. The minimum atomic E-state index is -4.15. The zero-order chi connectivity index (χ0) is 20.9. The summed E-state index contributed by atoms with van der Waals surface area (Å²) in [7, 11) is -4.15. The first-order chi connectivity index (χ1) is 13.8. The molecule has 0 saturated heterocycles. The van der Waals surface area contributed by atoms with Gasteiger partial charge in [0.05, 0.1) is 16.8 Å². The number of benzene rings is 2. The van der Waals surface area contributed by atoms with E-state index < -0.39 is 14.9 Å². The first-order valence-electron chi connectivity index (χ1n) is 8.11. The Hall–Kier alpha value is -3.50. The minimum absolute atomic E-state index is 0.0669. The molecular weight excluding hydrogens is 418 g/mol. The second-order valence-corrected chi connectivity index (χ2v) is 7.79. The highest BCUT2D eigenvalue weighted by Gasteiger charge is 2.22. The molecule has 11 heteroatoms. The van der Waals surface area contributed by atoms with Gasteiger partial charge < -0.3 is 0 Å². The Labute approximate surface area is 171 Å². The third-order valence-electron chi connectivity index (χ3n) is 3.65. The summed E-state index contributed by atoms with van der Waals surface area (Å²) in [6.07, 6.45) is 4.62. The quantitative estimate of drug-likeness (QED) is 0.332. The zero-order valence-corrected chi connectivity index (χ0v) is 16.3. The summed E-state index contributed by atoms with van der Waals surface area (Å²) >= 11 is 5.81. The van der Waals surface area contributed by atoms with E-state index in [0.29, 0.717) is 10.6 Å². The van der Waals surface area contributed by atoms with Crippen molar-refractivity contribution in [3.8, 4) is 0 Å². The lowest BCUT2D eigenvalue weighted by Gasteiger charge is -2.12. The van der Waals surface area contributed by atoms with Crippen LogP contribution in [-0.4, -0.2) is 24.5 Å². The highest BCUT2D eigenvalue weighted by atomic mass is 35.5. The van der Waals surface area contributed by atoms with Gasteiger partial charge in [0.15, 0.2) is 0 Å². The largest absolute Gasteiger partial charge is 0.280 e. The van der Waals surface area contributed by atoms with Gasteiger partial charge >= 0.3 is 0 Å². The normalized spacial score (nSPS) is 11.3. The third-order valence-corrected chi connectivity index (χ3v) is 5.32. The van der Waals surface area contributed by atoms with Crippen molar-refractivity contribution >= 4 is 44.9 Å². The van der Waals surface area contributed by atoms with Crippen molar-refractivity contribution in [2.45, 2.75) is 4.90 Å². The lowest BCUT2D eigenvalue weighted by atomic mass is 10.3. The molecule has 0 aliphatic heterocycles. The number of hydrogen-bond acceptors (Lipinski definition) is 7. The molecule has 3 rings (SSSR count). The topological polar surface area (TPSA) is 127 Å². The number of hydrogen-bond donors (Lipinski definition) is 2. The second kappa shape index (κ2) is 8.67. The molecule has 2 aromatic carbocycles. The molecule has 0 radical (unpaired) electrons. The van der Waals surface area contributed by atoms with Gasteiger partial charge in [-0.1, -0.05) is 17.7 Å². The number of nitro groups is 1. The Morgan fingerprint density at radius 3 is 2.55 bits per heavy atom. The lowest BCUT2D eigenvalue weighted by molar-refractivity contribution is -0.385. The summed E-state index contributed by atoms with van der Waals surface area (Å²) in [5.74, 6) is 0. The van der Waals surface area contributed by atoms with E-state index in [2.05, 4.69) is 20.2 Å². The van der Waals surface area contributed by atoms with Crippen molar-refractivity contribution in [1.29, 1.82) is 0 Å². The Bertz CT molecular complexity index is 1150. The molecule has 0 fully saturated rings. The molecule has 0 saturated carbocycles. The summed E-state index contributed by atoms with van der Waals surface area (Å²) < 4.78 is 28.1. The van der Waals surface area contributed by atoms with Crippen molar-refractivity contribution in [3.63, 3.8) is 0 Å². The van der Waals surface area contributed by atoms with E-state index in [4.69, 9.17) is 11.6 Å². The molecule has 0 bridgehead atoms. The van der Waals surface area contributed by atoms with Crippen LogP contribution in [0.2, 0.25) is 5.02 Å². The van der Waals surface area contributed by atoms with Crippen LogP contribution in [0.5, 0.6) is 0 Å². The van der Waals surface area contributed by atoms with Crippen molar-refractivity contribution in [3.05, 3.63) is 87.7 Å². The van der Waals surface area contributed by atoms with Gasteiger partial charge in [0, 0.05) is 40.8 Å². The van der Waals surface area contributed by atoms with E-state index in [1.807, 2.05) is 0 Å². The first kappa shape index (κ1) is 20.2. The maximum absolute atomic E-state index is 12.8. The number of nitro benzene ring substituents is 1. The van der Waals surface area contributed by atoms with Crippen molar-refractivity contribution in [2.75, 3.05) is 10.1 Å². The van der Waals surface area contributed by atoms with Gasteiger partial charge in [-0.05, 0) is 36.4 Å². The van der Waals surface area contributed by atoms with Crippen LogP contribution in [0.4, 0.5) is 17.1 Å². The molecule has 2 N–H and O–H groups in total. The molecule has 0 atom stereocenters. The number of anilines is 2. The molecule has 0 amide bonds. The maximum atomic E-state index is 12.8. The molecule has 0 aliphatic rings. The SMILES string of the molecule is O=[N+]([O-])c1ccc(N/N=C/c2cccnc2)c(S(=O)(=O)Nc2ccc(Cl)cc2)c1. The molecule has 0 spiro atoms. The number of pyridine rings is 1. The number of hydrazone groups is 1. The smallest absolute Gasteiger partial charge is 0.270 e. The fourth-order valence-electron chi connectivity index (χ4n) is 2.30. The number of nitrogens with zero attached hydrogens (tertiary/aromatic N) is 3. The maximum Gasteiger partial charge on any atom is 0.270 e. The Balaban J connectivity index is 1.93. The summed E-state index contributed by atoms with van der Waals surface area (Å²) in [5, 5.41) is 15.5. The van der Waals surface area contributed by atoms with Gasteiger partial charge in [0.2, 0.25) is 0 Å². The molecule has 9 nitrogen and oxygen atoms in total. The summed E-state index contributed by atoms with van der Waals surface area (Å²) in [4.78, 5) is 14.0. The highest BCUT2D eigenvalue weighted by Crippen LogP contribution is 2.28. The molecule has 0 unspecified atom stereocenters. The van der Waals surface area contributed by atoms with Gasteiger partial charge in [-0.25, -0.2) is 8.42 Å². The van der Waals surface area contributed by atoms with Crippen LogP contribution in [0.25, 0.3) is 0 Å². The molecule has 29 heavy (non-hydrogen) atoms. The molecular formula is C18H14ClN5O4S. The van der Waals surface area contributed by atoms with Gasteiger partial charge in [-0.3, -0.25) is 25.2 Å². The van der Waals surface area contributed by atoms with Crippen LogP contribution in [0.3, 0.4) is 0 Å². The number of aromatic nitrogens is 1. The summed E-state index contributed by atoms with van der Waals surface area (Å²) in [6.45, 7) is 0. The summed E-state index contributed by atoms with van der Waals surface area (Å²) in [5.41, 5.74) is 3.24. The van der Waals surface area contributed by atoms with Crippen LogP contribution in [-0.2, 0) is 10.0 Å². The number of non-ortho nitro benzene ring substituents is 1. The van der Waals surface area contributed by atoms with E-state index in [1.165, 1.54) is 42.6 Å². The van der Waals surface area contributed by atoms with Crippen molar-refractivity contribution in [1.82, 2.24) is 4.98 Å².